The quantitative estimate of drug-likeness (QED) is 0.540. The lowest BCUT2D eigenvalue weighted by molar-refractivity contribution is -0.139. The van der Waals surface area contributed by atoms with Crippen LogP contribution in [-0.2, 0) is 9.59 Å². The molecule has 0 aromatic heterocycles. The molecule has 0 saturated heterocycles. The van der Waals surface area contributed by atoms with Crippen LogP contribution in [0, 0.1) is 0 Å². The summed E-state index contributed by atoms with van der Waals surface area (Å²) in [6.45, 7) is 4.84. The van der Waals surface area contributed by atoms with Gasteiger partial charge in [0.05, 0.1) is 0 Å². The number of carbonyl (C=O) groups is 3. The number of urea groups is 1. The summed E-state index contributed by atoms with van der Waals surface area (Å²) in [5, 5.41) is 11.5. The molecule has 2 atom stereocenters. The zero-order chi connectivity index (χ0) is 16.6. The number of hydrogen-bond donors (Lipinski definition) is 3. The van der Waals surface area contributed by atoms with Crippen LogP contribution in [0.4, 0.5) is 4.79 Å². The van der Waals surface area contributed by atoms with E-state index in [1.807, 2.05) is 32.8 Å². The number of carbonyl (C=O) groups excluding carboxylic acids is 2. The summed E-state index contributed by atoms with van der Waals surface area (Å²) in [7, 11) is 3.80. The minimum atomic E-state index is -1.18. The van der Waals surface area contributed by atoms with Crippen LogP contribution in [0.2, 0.25) is 0 Å². The standard InChI is InChI=1S/C13H26N4O4/c1-5-17(9(2)8-16(3)4)13(21)15-10(12(19)20)6-7-11(14)18/h9-10H,5-8H2,1-4H3,(H2,14,18)(H,15,21)(H,19,20)/t9?,10-/m1/s1. The van der Waals surface area contributed by atoms with Crippen molar-refractivity contribution in [2.45, 2.75) is 38.8 Å². The van der Waals surface area contributed by atoms with Crippen molar-refractivity contribution in [1.29, 1.82) is 0 Å². The van der Waals surface area contributed by atoms with Gasteiger partial charge in [0.15, 0.2) is 0 Å². The van der Waals surface area contributed by atoms with Crippen molar-refractivity contribution in [3.63, 3.8) is 0 Å². The Bertz CT molecular complexity index is 373. The first-order valence-electron chi connectivity index (χ1n) is 6.92. The first kappa shape index (κ1) is 19.2. The fourth-order valence-electron chi connectivity index (χ4n) is 2.06. The molecule has 0 aliphatic heterocycles. The van der Waals surface area contributed by atoms with Gasteiger partial charge in [-0.1, -0.05) is 0 Å². The Morgan fingerprint density at radius 2 is 1.86 bits per heavy atom. The predicted octanol–water partition coefficient (Wildman–Crippen LogP) is -0.313. The second-order valence-electron chi connectivity index (χ2n) is 5.24. The zero-order valence-electron chi connectivity index (χ0n) is 13.1. The summed E-state index contributed by atoms with van der Waals surface area (Å²) in [5.41, 5.74) is 5.00. The van der Waals surface area contributed by atoms with Gasteiger partial charge in [-0.15, -0.1) is 0 Å². The van der Waals surface area contributed by atoms with Crippen molar-refractivity contribution >= 4 is 17.9 Å². The zero-order valence-corrected chi connectivity index (χ0v) is 13.1. The largest absolute Gasteiger partial charge is 0.480 e. The third-order valence-electron chi connectivity index (χ3n) is 3.04. The number of nitrogens with zero attached hydrogens (tertiary/aromatic N) is 2. The molecule has 0 bridgehead atoms. The van der Waals surface area contributed by atoms with Gasteiger partial charge < -0.3 is 26.0 Å². The first-order valence-corrected chi connectivity index (χ1v) is 6.92. The van der Waals surface area contributed by atoms with Gasteiger partial charge >= 0.3 is 12.0 Å². The van der Waals surface area contributed by atoms with Gasteiger partial charge in [0.2, 0.25) is 5.91 Å². The molecule has 8 heteroatoms. The highest BCUT2D eigenvalue weighted by Crippen LogP contribution is 2.04. The van der Waals surface area contributed by atoms with Gasteiger partial charge in [-0.25, -0.2) is 9.59 Å². The van der Waals surface area contributed by atoms with Crippen LogP contribution < -0.4 is 11.1 Å². The number of aliphatic carboxylic acids is 1. The van der Waals surface area contributed by atoms with E-state index in [1.54, 1.807) is 4.90 Å². The van der Waals surface area contributed by atoms with Crippen LogP contribution in [-0.4, -0.2) is 72.1 Å². The van der Waals surface area contributed by atoms with Crippen LogP contribution in [0.15, 0.2) is 0 Å². The Morgan fingerprint density at radius 3 is 2.24 bits per heavy atom. The summed E-state index contributed by atoms with van der Waals surface area (Å²) in [4.78, 5) is 37.5. The van der Waals surface area contributed by atoms with Gasteiger partial charge in [0.25, 0.3) is 0 Å². The van der Waals surface area contributed by atoms with E-state index in [0.717, 1.165) is 0 Å². The average molecular weight is 302 g/mol. The smallest absolute Gasteiger partial charge is 0.326 e. The molecule has 0 heterocycles. The van der Waals surface area contributed by atoms with Gasteiger partial charge in [0, 0.05) is 25.6 Å². The monoisotopic (exact) mass is 302 g/mol. The summed E-state index contributed by atoms with van der Waals surface area (Å²) in [6, 6.07) is -1.63. The topological polar surface area (TPSA) is 116 Å². The van der Waals surface area contributed by atoms with Crippen molar-refractivity contribution in [3.05, 3.63) is 0 Å². The highest BCUT2D eigenvalue weighted by molar-refractivity contribution is 5.83. The Balaban J connectivity index is 4.69. The predicted molar refractivity (Wildman–Crippen MR) is 78.8 cm³/mol. The summed E-state index contributed by atoms with van der Waals surface area (Å²) >= 11 is 0. The third kappa shape index (κ3) is 7.50. The van der Waals surface area contributed by atoms with Crippen molar-refractivity contribution in [1.82, 2.24) is 15.1 Å². The maximum atomic E-state index is 12.2. The van der Waals surface area contributed by atoms with Crippen LogP contribution in [0.25, 0.3) is 0 Å². The minimum Gasteiger partial charge on any atom is -0.480 e. The maximum Gasteiger partial charge on any atom is 0.326 e. The van der Waals surface area contributed by atoms with Gasteiger partial charge in [-0.2, -0.15) is 0 Å². The summed E-state index contributed by atoms with van der Waals surface area (Å²) in [5.74, 6) is -1.77. The van der Waals surface area contributed by atoms with E-state index in [1.165, 1.54) is 0 Å². The number of hydrogen-bond acceptors (Lipinski definition) is 4. The molecule has 0 fully saturated rings. The van der Waals surface area contributed by atoms with Crippen molar-refractivity contribution in [2.24, 2.45) is 5.73 Å². The normalized spacial score (nSPS) is 13.6. The minimum absolute atomic E-state index is 0.0178. The lowest BCUT2D eigenvalue weighted by atomic mass is 10.1. The van der Waals surface area contributed by atoms with Gasteiger partial charge in [-0.05, 0) is 34.4 Å². The molecule has 0 radical (unpaired) electrons. The highest BCUT2D eigenvalue weighted by Gasteiger charge is 2.25. The molecule has 0 aliphatic rings. The molecule has 3 amide bonds. The van der Waals surface area contributed by atoms with E-state index >= 15 is 0 Å². The molecule has 0 saturated carbocycles. The molecule has 4 N–H and O–H groups in total. The molecule has 0 spiro atoms. The van der Waals surface area contributed by atoms with E-state index in [2.05, 4.69) is 5.32 Å². The highest BCUT2D eigenvalue weighted by atomic mass is 16.4. The van der Waals surface area contributed by atoms with E-state index in [4.69, 9.17) is 10.8 Å². The van der Waals surface area contributed by atoms with E-state index in [9.17, 15) is 14.4 Å². The molecule has 0 aromatic carbocycles. The second-order valence-corrected chi connectivity index (χ2v) is 5.24. The molecule has 0 aromatic rings. The lowest BCUT2D eigenvalue weighted by Gasteiger charge is -2.31. The SMILES string of the molecule is CCN(C(=O)N[C@H](CCC(N)=O)C(=O)O)C(C)CN(C)C. The molecule has 0 rings (SSSR count). The number of rotatable bonds is 9. The van der Waals surface area contributed by atoms with E-state index < -0.39 is 23.9 Å². The van der Waals surface area contributed by atoms with Crippen molar-refractivity contribution < 1.29 is 19.5 Å². The van der Waals surface area contributed by atoms with E-state index in [0.29, 0.717) is 13.1 Å². The van der Waals surface area contributed by atoms with Crippen LogP contribution in [0.3, 0.4) is 0 Å². The lowest BCUT2D eigenvalue weighted by Crippen LogP contribution is -2.52. The Kier molecular flexibility index (Phi) is 8.37. The molecule has 21 heavy (non-hydrogen) atoms. The second kappa shape index (κ2) is 9.17. The summed E-state index contributed by atoms with van der Waals surface area (Å²) in [6.07, 6.45) is -0.105. The third-order valence-corrected chi connectivity index (χ3v) is 3.04. The average Bonchev–Trinajstić information content (AvgIpc) is 2.33. The molecule has 0 aliphatic carbocycles. The fraction of sp³-hybridized carbons (Fsp3) is 0.769. The van der Waals surface area contributed by atoms with Crippen LogP contribution >= 0.6 is 0 Å². The first-order chi connectivity index (χ1) is 9.68. The van der Waals surface area contributed by atoms with Crippen LogP contribution in [0.5, 0.6) is 0 Å². The molecule has 1 unspecified atom stereocenters. The van der Waals surface area contributed by atoms with Crippen molar-refractivity contribution in [3.8, 4) is 0 Å². The van der Waals surface area contributed by atoms with E-state index in [-0.39, 0.29) is 18.9 Å². The number of primary amides is 1. The summed E-state index contributed by atoms with van der Waals surface area (Å²) < 4.78 is 0. The van der Waals surface area contributed by atoms with Gasteiger partial charge in [-0.3, -0.25) is 4.79 Å². The Labute approximate surface area is 125 Å². The number of carboxylic acids is 1. The number of nitrogens with one attached hydrogen (secondary N) is 1. The maximum absolute atomic E-state index is 12.2. The van der Waals surface area contributed by atoms with Crippen LogP contribution in [0.1, 0.15) is 26.7 Å². The number of likely N-dealkylation sites (N-methyl/N-ethyl adjacent to an activating group) is 2. The molecule has 122 valence electrons. The molecular formula is C13H26N4O4. The molecule has 8 nitrogen and oxygen atoms in total. The number of nitrogens with two attached hydrogens (primary N) is 1. The van der Waals surface area contributed by atoms with Crippen molar-refractivity contribution in [2.75, 3.05) is 27.2 Å². The number of amides is 3. The number of carboxylic acid groups (broad SMARTS) is 1. The Hall–Kier alpha value is -1.83. The van der Waals surface area contributed by atoms with Gasteiger partial charge in [0.1, 0.15) is 6.04 Å². The Morgan fingerprint density at radius 1 is 1.29 bits per heavy atom. The molecular weight excluding hydrogens is 276 g/mol. The fourth-order valence-corrected chi connectivity index (χ4v) is 2.06.